The minimum Gasteiger partial charge on any atom is -0.399 e. The number of benzene rings is 2. The van der Waals surface area contributed by atoms with Crippen molar-refractivity contribution in [1.82, 2.24) is 9.78 Å². The van der Waals surface area contributed by atoms with Gasteiger partial charge in [0.25, 0.3) is 5.91 Å². The van der Waals surface area contributed by atoms with Crippen LogP contribution in [0.2, 0.25) is 0 Å². The van der Waals surface area contributed by atoms with Crippen LogP contribution in [0.4, 0.5) is 11.4 Å². The SMILES string of the molecule is CCc1ccc(-n2nc(C(=O)Nc3cc(N)ccc3C)c3c2CCC3)cc1.Cl. The monoisotopic (exact) mass is 396 g/mol. The molecule has 0 bridgehead atoms. The van der Waals surface area contributed by atoms with E-state index >= 15 is 0 Å². The Hall–Kier alpha value is -2.79. The first-order valence-electron chi connectivity index (χ1n) is 9.44. The van der Waals surface area contributed by atoms with E-state index in [-0.39, 0.29) is 18.3 Å². The minimum atomic E-state index is -0.175. The maximum atomic E-state index is 13.0. The number of hydrogen-bond donors (Lipinski definition) is 2. The highest BCUT2D eigenvalue weighted by atomic mass is 35.5. The van der Waals surface area contributed by atoms with Crippen LogP contribution in [0, 0.1) is 6.92 Å². The van der Waals surface area contributed by atoms with Gasteiger partial charge in [-0.3, -0.25) is 4.79 Å². The number of nitrogen functional groups attached to an aromatic ring is 1. The van der Waals surface area contributed by atoms with E-state index in [9.17, 15) is 4.79 Å². The Kier molecular flexibility index (Phi) is 5.75. The summed E-state index contributed by atoms with van der Waals surface area (Å²) in [6.07, 6.45) is 3.89. The number of aryl methyl sites for hydroxylation is 2. The average molecular weight is 397 g/mol. The third-order valence-corrected chi connectivity index (χ3v) is 5.24. The third-order valence-electron chi connectivity index (χ3n) is 5.24. The van der Waals surface area contributed by atoms with Crippen molar-refractivity contribution in [3.63, 3.8) is 0 Å². The molecule has 1 aliphatic rings. The van der Waals surface area contributed by atoms with Crippen LogP contribution in [-0.2, 0) is 19.3 Å². The van der Waals surface area contributed by atoms with E-state index in [1.807, 2.05) is 23.7 Å². The lowest BCUT2D eigenvalue weighted by Gasteiger charge is -2.09. The predicted octanol–water partition coefficient (Wildman–Crippen LogP) is 4.49. The number of carbonyl (C=O) groups excluding carboxylic acids is 1. The summed E-state index contributed by atoms with van der Waals surface area (Å²) in [5.74, 6) is -0.175. The molecular weight excluding hydrogens is 372 g/mol. The second kappa shape index (κ2) is 8.07. The van der Waals surface area contributed by atoms with Crippen LogP contribution < -0.4 is 11.1 Å². The van der Waals surface area contributed by atoms with Crippen molar-refractivity contribution in [2.24, 2.45) is 0 Å². The van der Waals surface area contributed by atoms with Gasteiger partial charge in [-0.25, -0.2) is 4.68 Å². The molecule has 28 heavy (non-hydrogen) atoms. The molecule has 0 radical (unpaired) electrons. The zero-order chi connectivity index (χ0) is 19.0. The van der Waals surface area contributed by atoms with Gasteiger partial charge in [0.05, 0.1) is 5.69 Å². The van der Waals surface area contributed by atoms with Gasteiger partial charge in [-0.05, 0) is 68.0 Å². The lowest BCUT2D eigenvalue weighted by molar-refractivity contribution is 0.102. The Morgan fingerprint density at radius 3 is 2.64 bits per heavy atom. The number of aromatic nitrogens is 2. The van der Waals surface area contributed by atoms with Gasteiger partial charge in [-0.2, -0.15) is 5.10 Å². The smallest absolute Gasteiger partial charge is 0.276 e. The van der Waals surface area contributed by atoms with Crippen LogP contribution in [0.5, 0.6) is 0 Å². The van der Waals surface area contributed by atoms with Gasteiger partial charge in [0.1, 0.15) is 0 Å². The first kappa shape index (κ1) is 20.0. The van der Waals surface area contributed by atoms with Crippen molar-refractivity contribution < 1.29 is 4.79 Å². The first-order valence-corrected chi connectivity index (χ1v) is 9.44. The number of anilines is 2. The zero-order valence-electron chi connectivity index (χ0n) is 16.2. The highest BCUT2D eigenvalue weighted by Crippen LogP contribution is 2.29. The number of nitrogens with zero attached hydrogens (tertiary/aromatic N) is 2. The highest BCUT2D eigenvalue weighted by Gasteiger charge is 2.27. The Labute approximate surface area is 171 Å². The topological polar surface area (TPSA) is 72.9 Å². The molecule has 0 atom stereocenters. The number of fused-ring (bicyclic) bond motifs is 1. The lowest BCUT2D eigenvalue weighted by Crippen LogP contribution is -2.15. The number of amides is 1. The van der Waals surface area contributed by atoms with Gasteiger partial charge >= 0.3 is 0 Å². The third kappa shape index (κ3) is 3.62. The van der Waals surface area contributed by atoms with E-state index in [1.54, 1.807) is 6.07 Å². The van der Waals surface area contributed by atoms with Crippen molar-refractivity contribution in [3.05, 3.63) is 70.5 Å². The molecule has 4 rings (SSSR count). The van der Waals surface area contributed by atoms with E-state index < -0.39 is 0 Å². The van der Waals surface area contributed by atoms with Crippen LogP contribution in [-0.4, -0.2) is 15.7 Å². The summed E-state index contributed by atoms with van der Waals surface area (Å²) in [7, 11) is 0. The molecule has 146 valence electrons. The second-order valence-corrected chi connectivity index (χ2v) is 7.09. The minimum absolute atomic E-state index is 0. The van der Waals surface area contributed by atoms with Gasteiger partial charge in [0.2, 0.25) is 0 Å². The normalized spacial score (nSPS) is 12.4. The Bertz CT molecular complexity index is 1010. The van der Waals surface area contributed by atoms with Crippen LogP contribution in [0.3, 0.4) is 0 Å². The van der Waals surface area contributed by atoms with Crippen molar-refractivity contribution in [3.8, 4) is 5.69 Å². The van der Waals surface area contributed by atoms with E-state index in [0.717, 1.165) is 53.9 Å². The summed E-state index contributed by atoms with van der Waals surface area (Å²) in [4.78, 5) is 13.0. The fraction of sp³-hybridized carbons (Fsp3) is 0.273. The predicted molar refractivity (Wildman–Crippen MR) is 116 cm³/mol. The van der Waals surface area contributed by atoms with Crippen molar-refractivity contribution in [2.45, 2.75) is 39.5 Å². The summed E-state index contributed by atoms with van der Waals surface area (Å²) < 4.78 is 1.93. The molecule has 1 aliphatic carbocycles. The van der Waals surface area contributed by atoms with Gasteiger partial charge < -0.3 is 11.1 Å². The van der Waals surface area contributed by atoms with E-state index in [4.69, 9.17) is 5.73 Å². The maximum Gasteiger partial charge on any atom is 0.276 e. The number of halogens is 1. The molecule has 3 N–H and O–H groups in total. The molecule has 0 saturated heterocycles. The summed E-state index contributed by atoms with van der Waals surface area (Å²) in [5, 5.41) is 7.66. The summed E-state index contributed by atoms with van der Waals surface area (Å²) >= 11 is 0. The molecule has 5 nitrogen and oxygen atoms in total. The number of nitrogens with two attached hydrogens (primary N) is 1. The van der Waals surface area contributed by atoms with E-state index in [0.29, 0.717) is 11.4 Å². The molecule has 0 fully saturated rings. The van der Waals surface area contributed by atoms with Crippen LogP contribution in [0.25, 0.3) is 5.69 Å². The molecule has 2 aromatic carbocycles. The van der Waals surface area contributed by atoms with Crippen molar-refractivity contribution >= 4 is 29.7 Å². The van der Waals surface area contributed by atoms with Gasteiger partial charge in [-0.1, -0.05) is 25.1 Å². The first-order chi connectivity index (χ1) is 13.1. The van der Waals surface area contributed by atoms with Crippen molar-refractivity contribution in [2.75, 3.05) is 11.1 Å². The van der Waals surface area contributed by atoms with Crippen LogP contribution in [0.15, 0.2) is 42.5 Å². The summed E-state index contributed by atoms with van der Waals surface area (Å²) in [5.41, 5.74) is 13.2. The number of hydrogen-bond acceptors (Lipinski definition) is 3. The molecule has 0 spiro atoms. The molecule has 1 aromatic heterocycles. The largest absolute Gasteiger partial charge is 0.399 e. The van der Waals surface area contributed by atoms with Crippen LogP contribution >= 0.6 is 12.4 Å². The summed E-state index contributed by atoms with van der Waals surface area (Å²) in [6, 6.07) is 13.9. The molecule has 0 unspecified atom stereocenters. The second-order valence-electron chi connectivity index (χ2n) is 7.09. The number of rotatable bonds is 4. The fourth-order valence-corrected chi connectivity index (χ4v) is 3.66. The average Bonchev–Trinajstić information content (AvgIpc) is 3.27. The molecule has 0 aliphatic heterocycles. The standard InChI is InChI=1S/C22H24N4O.ClH/c1-3-15-8-11-17(12-9-15)26-20-6-4-5-18(20)21(25-26)22(27)24-19-13-16(23)10-7-14(19)2;/h7-13H,3-6,23H2,1-2H3,(H,24,27);1H. The molecule has 3 aromatic rings. The van der Waals surface area contributed by atoms with E-state index in [2.05, 4.69) is 41.6 Å². The zero-order valence-corrected chi connectivity index (χ0v) is 17.0. The van der Waals surface area contributed by atoms with Crippen molar-refractivity contribution in [1.29, 1.82) is 0 Å². The molecular formula is C22H25ClN4O. The van der Waals surface area contributed by atoms with Crippen LogP contribution in [0.1, 0.15) is 46.2 Å². The number of nitrogens with one attached hydrogen (secondary N) is 1. The molecule has 1 heterocycles. The summed E-state index contributed by atoms with van der Waals surface area (Å²) in [6.45, 7) is 4.09. The molecule has 1 amide bonds. The molecule has 6 heteroatoms. The van der Waals surface area contributed by atoms with E-state index in [1.165, 1.54) is 5.56 Å². The highest BCUT2D eigenvalue weighted by molar-refractivity contribution is 6.04. The maximum absolute atomic E-state index is 13.0. The van der Waals surface area contributed by atoms with Gasteiger partial charge in [0.15, 0.2) is 5.69 Å². The van der Waals surface area contributed by atoms with Gasteiger partial charge in [-0.15, -0.1) is 12.4 Å². The Balaban J connectivity index is 0.00000225. The Morgan fingerprint density at radius 1 is 1.18 bits per heavy atom. The quantitative estimate of drug-likeness (QED) is 0.638. The fourth-order valence-electron chi connectivity index (χ4n) is 3.66. The van der Waals surface area contributed by atoms with Gasteiger partial charge in [0, 0.05) is 22.6 Å². The lowest BCUT2D eigenvalue weighted by atomic mass is 10.1. The Morgan fingerprint density at radius 2 is 1.93 bits per heavy atom. The molecule has 0 saturated carbocycles. The number of carbonyl (C=O) groups is 1.